The third-order valence-corrected chi connectivity index (χ3v) is 4.44. The lowest BCUT2D eigenvalue weighted by atomic mass is 10.1. The summed E-state index contributed by atoms with van der Waals surface area (Å²) in [5.41, 5.74) is 2.31. The molecule has 1 fully saturated rings. The fraction of sp³-hybridized carbons (Fsp3) is 0.333. The Morgan fingerprint density at radius 1 is 1.36 bits per heavy atom. The number of amides is 1. The molecule has 22 heavy (non-hydrogen) atoms. The van der Waals surface area contributed by atoms with Crippen LogP contribution in [0.1, 0.15) is 11.1 Å². The fourth-order valence-corrected chi connectivity index (χ4v) is 3.26. The van der Waals surface area contributed by atoms with Crippen LogP contribution in [0.25, 0.3) is 0 Å². The second-order valence-corrected chi connectivity index (χ2v) is 5.99. The number of halogens is 1. The highest BCUT2D eigenvalue weighted by Crippen LogP contribution is 2.12. The van der Waals surface area contributed by atoms with Gasteiger partial charge in [0.2, 0.25) is 5.91 Å². The molecule has 0 spiro atoms. The third-order valence-electron chi connectivity index (χ3n) is 3.50. The lowest BCUT2D eigenvalue weighted by Gasteiger charge is -2.13. The zero-order valence-electron chi connectivity index (χ0n) is 12.1. The van der Waals surface area contributed by atoms with Crippen molar-refractivity contribution in [2.75, 3.05) is 11.6 Å². The summed E-state index contributed by atoms with van der Waals surface area (Å²) in [6.45, 7) is 1.27. The highest BCUT2D eigenvalue weighted by Gasteiger charge is 2.22. The summed E-state index contributed by atoms with van der Waals surface area (Å²) in [4.78, 5) is 12.0. The molecule has 5 nitrogen and oxygen atoms in total. The van der Waals surface area contributed by atoms with Crippen molar-refractivity contribution >= 4 is 30.1 Å². The largest absolute Gasteiger partial charge is 0.351 e. The summed E-state index contributed by atoms with van der Waals surface area (Å²) in [5, 5.41) is 10.4. The zero-order valence-corrected chi connectivity index (χ0v) is 13.7. The van der Waals surface area contributed by atoms with Crippen LogP contribution in [0, 0.1) is 0 Å². The van der Waals surface area contributed by atoms with Crippen molar-refractivity contribution in [3.05, 3.63) is 53.9 Å². The van der Waals surface area contributed by atoms with Gasteiger partial charge < -0.3 is 5.32 Å². The molecule has 1 saturated heterocycles. The van der Waals surface area contributed by atoms with E-state index in [0.29, 0.717) is 6.54 Å². The van der Waals surface area contributed by atoms with Crippen LogP contribution >= 0.6 is 24.2 Å². The van der Waals surface area contributed by atoms with Gasteiger partial charge in [-0.1, -0.05) is 24.3 Å². The molecule has 2 heterocycles. The van der Waals surface area contributed by atoms with Crippen LogP contribution in [-0.4, -0.2) is 33.4 Å². The minimum Gasteiger partial charge on any atom is -0.351 e. The molecule has 2 N–H and O–H groups in total. The maximum Gasteiger partial charge on any atom is 0.238 e. The molecule has 1 amide bonds. The van der Waals surface area contributed by atoms with E-state index in [-0.39, 0.29) is 24.4 Å². The van der Waals surface area contributed by atoms with Gasteiger partial charge in [0.25, 0.3) is 0 Å². The number of hydrogen-bond acceptors (Lipinski definition) is 4. The van der Waals surface area contributed by atoms with Crippen LogP contribution in [0.3, 0.4) is 0 Å². The second-order valence-electron chi connectivity index (χ2n) is 4.96. The predicted molar refractivity (Wildman–Crippen MR) is 91.1 cm³/mol. The van der Waals surface area contributed by atoms with E-state index in [1.807, 2.05) is 29.1 Å². The lowest BCUT2D eigenvalue weighted by Crippen LogP contribution is -2.41. The quantitative estimate of drug-likeness (QED) is 0.870. The van der Waals surface area contributed by atoms with Crippen molar-refractivity contribution in [2.24, 2.45) is 0 Å². The molecule has 2 aromatic rings. The maximum atomic E-state index is 12.0. The van der Waals surface area contributed by atoms with E-state index in [1.54, 1.807) is 18.0 Å². The van der Waals surface area contributed by atoms with Crippen LogP contribution in [0.4, 0.5) is 0 Å². The molecule has 1 atom stereocenters. The van der Waals surface area contributed by atoms with Gasteiger partial charge in [-0.3, -0.25) is 14.8 Å². The molecule has 7 heteroatoms. The van der Waals surface area contributed by atoms with Crippen LogP contribution in [-0.2, 0) is 17.9 Å². The molecule has 0 saturated carbocycles. The summed E-state index contributed by atoms with van der Waals surface area (Å²) < 4.78 is 1.88. The molecule has 0 aliphatic carbocycles. The fourth-order valence-electron chi connectivity index (χ4n) is 2.32. The first kappa shape index (κ1) is 16.9. The van der Waals surface area contributed by atoms with Gasteiger partial charge in [0.05, 0.1) is 12.6 Å². The van der Waals surface area contributed by atoms with Crippen molar-refractivity contribution in [1.29, 1.82) is 0 Å². The first-order chi connectivity index (χ1) is 10.3. The SMILES string of the molecule is Cl.O=C(NCc1ccccc1Cn1cccn1)C1CSCN1. The van der Waals surface area contributed by atoms with Gasteiger partial charge in [-0.25, -0.2) is 0 Å². The van der Waals surface area contributed by atoms with Crippen LogP contribution in [0.15, 0.2) is 42.7 Å². The van der Waals surface area contributed by atoms with Gasteiger partial charge in [-0.2, -0.15) is 5.10 Å². The molecule has 1 aromatic heterocycles. The number of aromatic nitrogens is 2. The van der Waals surface area contributed by atoms with E-state index in [1.165, 1.54) is 5.56 Å². The summed E-state index contributed by atoms with van der Waals surface area (Å²) in [5.74, 6) is 1.78. The second kappa shape index (κ2) is 8.22. The first-order valence-electron chi connectivity index (χ1n) is 6.96. The topological polar surface area (TPSA) is 59.0 Å². The number of nitrogens with zero attached hydrogens (tertiary/aromatic N) is 2. The standard InChI is InChI=1S/C15H18N4OS.ClH/c20-15(14-10-21-11-17-14)16-8-12-4-1-2-5-13(12)9-19-7-3-6-18-19;/h1-7,14,17H,8-11H2,(H,16,20);1H. The van der Waals surface area contributed by atoms with Gasteiger partial charge in [-0.15, -0.1) is 24.2 Å². The van der Waals surface area contributed by atoms with Gasteiger partial charge in [0.1, 0.15) is 0 Å². The Balaban J connectivity index is 0.00000176. The highest BCUT2D eigenvalue weighted by atomic mass is 35.5. The minimum atomic E-state index is -0.0618. The van der Waals surface area contributed by atoms with E-state index in [0.717, 1.165) is 23.7 Å². The predicted octanol–water partition coefficient (Wildman–Crippen LogP) is 1.63. The molecular formula is C15H19ClN4OS. The Kier molecular flexibility index (Phi) is 6.30. The highest BCUT2D eigenvalue weighted by molar-refractivity contribution is 7.99. The van der Waals surface area contributed by atoms with Crippen molar-refractivity contribution in [3.63, 3.8) is 0 Å². The maximum absolute atomic E-state index is 12.0. The molecule has 1 unspecified atom stereocenters. The Bertz CT molecular complexity index is 599. The molecule has 0 bridgehead atoms. The number of carbonyl (C=O) groups excluding carboxylic acids is 1. The average Bonchev–Trinajstić information content (AvgIpc) is 3.19. The number of rotatable bonds is 5. The van der Waals surface area contributed by atoms with Crippen LogP contribution in [0.2, 0.25) is 0 Å². The molecule has 3 rings (SSSR count). The number of thioether (sulfide) groups is 1. The van der Waals surface area contributed by atoms with Gasteiger partial charge >= 0.3 is 0 Å². The zero-order chi connectivity index (χ0) is 14.5. The Morgan fingerprint density at radius 2 is 2.18 bits per heavy atom. The van der Waals surface area contributed by atoms with E-state index >= 15 is 0 Å². The van der Waals surface area contributed by atoms with E-state index in [4.69, 9.17) is 0 Å². The van der Waals surface area contributed by atoms with Gasteiger partial charge in [-0.05, 0) is 17.2 Å². The number of carbonyl (C=O) groups is 1. The Morgan fingerprint density at radius 3 is 2.86 bits per heavy atom. The molecule has 118 valence electrons. The number of nitrogens with one attached hydrogen (secondary N) is 2. The molecular weight excluding hydrogens is 320 g/mol. The smallest absolute Gasteiger partial charge is 0.238 e. The van der Waals surface area contributed by atoms with E-state index in [9.17, 15) is 4.79 Å². The number of benzene rings is 1. The van der Waals surface area contributed by atoms with Crippen molar-refractivity contribution in [2.45, 2.75) is 19.1 Å². The van der Waals surface area contributed by atoms with Gasteiger partial charge in [0, 0.05) is 30.6 Å². The third kappa shape index (κ3) is 4.25. The van der Waals surface area contributed by atoms with Crippen LogP contribution < -0.4 is 10.6 Å². The normalized spacial score (nSPS) is 17.0. The molecule has 1 aliphatic heterocycles. The Hall–Kier alpha value is -1.50. The van der Waals surface area contributed by atoms with Crippen LogP contribution in [0.5, 0.6) is 0 Å². The summed E-state index contributed by atoms with van der Waals surface area (Å²) in [7, 11) is 0. The molecule has 1 aliphatic rings. The van der Waals surface area contributed by atoms with E-state index in [2.05, 4.69) is 27.9 Å². The summed E-state index contributed by atoms with van der Waals surface area (Å²) in [6, 6.07) is 9.99. The Labute approximate surface area is 140 Å². The van der Waals surface area contributed by atoms with E-state index < -0.39 is 0 Å². The average molecular weight is 339 g/mol. The lowest BCUT2D eigenvalue weighted by molar-refractivity contribution is -0.122. The first-order valence-corrected chi connectivity index (χ1v) is 8.11. The van der Waals surface area contributed by atoms with Crippen molar-refractivity contribution in [1.82, 2.24) is 20.4 Å². The minimum absolute atomic E-state index is 0. The molecule has 0 radical (unpaired) electrons. The summed E-state index contributed by atoms with van der Waals surface area (Å²) in [6.07, 6.45) is 3.71. The number of hydrogen-bond donors (Lipinski definition) is 2. The van der Waals surface area contributed by atoms with Gasteiger partial charge in [0.15, 0.2) is 0 Å². The summed E-state index contributed by atoms with van der Waals surface area (Å²) >= 11 is 1.75. The van der Waals surface area contributed by atoms with Crippen molar-refractivity contribution < 1.29 is 4.79 Å². The molecule has 1 aromatic carbocycles. The monoisotopic (exact) mass is 338 g/mol. The van der Waals surface area contributed by atoms with Crippen molar-refractivity contribution in [3.8, 4) is 0 Å².